The van der Waals surface area contributed by atoms with Gasteiger partial charge in [-0.3, -0.25) is 0 Å². The Morgan fingerprint density at radius 1 is 1.64 bits per heavy atom. The molecule has 0 aromatic carbocycles. The second kappa shape index (κ2) is 5.22. The summed E-state index contributed by atoms with van der Waals surface area (Å²) in [5.41, 5.74) is 11.8. The number of nitrogens with two attached hydrogens (primary N) is 2. The third-order valence-electron chi connectivity index (χ3n) is 1.49. The van der Waals surface area contributed by atoms with Gasteiger partial charge in [0.2, 0.25) is 0 Å². The third-order valence-corrected chi connectivity index (χ3v) is 2.07. The first kappa shape index (κ1) is 10.5. The highest BCUT2D eigenvalue weighted by Gasteiger charge is 2.05. The largest absolute Gasteiger partial charge is 0.405 e. The second-order valence-electron chi connectivity index (χ2n) is 2.40. The van der Waals surface area contributed by atoms with Crippen molar-refractivity contribution in [3.8, 4) is 0 Å². The topological polar surface area (TPSA) is 52.0 Å². The van der Waals surface area contributed by atoms with Crippen LogP contribution in [0.1, 0.15) is 20.3 Å². The summed E-state index contributed by atoms with van der Waals surface area (Å²) in [5, 5.41) is 0.689. The molecule has 0 saturated carbocycles. The molecule has 0 aromatic heterocycles. The van der Waals surface area contributed by atoms with Crippen molar-refractivity contribution in [2.45, 2.75) is 26.3 Å². The lowest BCUT2D eigenvalue weighted by Gasteiger charge is -2.08. The molecule has 0 amide bonds. The molecule has 4 N–H and O–H groups in total. The van der Waals surface area contributed by atoms with Gasteiger partial charge in [-0.1, -0.05) is 18.5 Å². The van der Waals surface area contributed by atoms with E-state index in [0.29, 0.717) is 5.03 Å². The zero-order valence-corrected chi connectivity index (χ0v) is 7.73. The van der Waals surface area contributed by atoms with Crippen LogP contribution in [0.2, 0.25) is 0 Å². The molecule has 64 valence electrons. The van der Waals surface area contributed by atoms with E-state index in [1.54, 1.807) is 6.08 Å². The maximum absolute atomic E-state index is 5.91. The van der Waals surface area contributed by atoms with Crippen LogP contribution in [0.5, 0.6) is 0 Å². The molecule has 0 spiro atoms. The highest BCUT2D eigenvalue weighted by Crippen LogP contribution is 2.15. The van der Waals surface area contributed by atoms with E-state index in [9.17, 15) is 0 Å². The van der Waals surface area contributed by atoms with Crippen LogP contribution in [0.25, 0.3) is 0 Å². The van der Waals surface area contributed by atoms with Crippen molar-refractivity contribution in [3.05, 3.63) is 22.9 Å². The van der Waals surface area contributed by atoms with E-state index in [-0.39, 0.29) is 6.04 Å². The van der Waals surface area contributed by atoms with Crippen LogP contribution < -0.4 is 11.5 Å². The molecule has 0 aromatic rings. The molecular weight excluding hydrogens is 160 g/mol. The molecule has 1 atom stereocenters. The van der Waals surface area contributed by atoms with Crippen LogP contribution in [-0.2, 0) is 0 Å². The minimum Gasteiger partial charge on any atom is -0.405 e. The Hall–Kier alpha value is -0.470. The molecule has 1 unspecified atom stereocenters. The molecule has 0 rings (SSSR count). The van der Waals surface area contributed by atoms with Gasteiger partial charge in [0.1, 0.15) is 0 Å². The highest BCUT2D eigenvalue weighted by atomic mass is 35.5. The summed E-state index contributed by atoms with van der Waals surface area (Å²) in [6.07, 6.45) is 4.05. The van der Waals surface area contributed by atoms with Crippen molar-refractivity contribution in [2.24, 2.45) is 11.5 Å². The Morgan fingerprint density at radius 3 is 2.55 bits per heavy atom. The van der Waals surface area contributed by atoms with Crippen LogP contribution in [0.3, 0.4) is 0 Å². The smallest absolute Gasteiger partial charge is 0.0403 e. The van der Waals surface area contributed by atoms with Crippen LogP contribution in [-0.4, -0.2) is 6.04 Å². The summed E-state index contributed by atoms with van der Waals surface area (Å²) >= 11 is 5.91. The van der Waals surface area contributed by atoms with Crippen molar-refractivity contribution >= 4 is 11.6 Å². The first-order valence-electron chi connectivity index (χ1n) is 3.63. The fraction of sp³-hybridized carbons (Fsp3) is 0.500. The quantitative estimate of drug-likeness (QED) is 0.641. The molecule has 0 fully saturated rings. The number of halogens is 1. The lowest BCUT2D eigenvalue weighted by Crippen LogP contribution is -2.19. The Balaban J connectivity index is 4.38. The molecule has 0 saturated heterocycles. The van der Waals surface area contributed by atoms with E-state index in [4.69, 9.17) is 23.1 Å². The maximum Gasteiger partial charge on any atom is 0.0403 e. The van der Waals surface area contributed by atoms with Gasteiger partial charge in [0, 0.05) is 11.1 Å². The molecule has 2 nitrogen and oxygen atoms in total. The van der Waals surface area contributed by atoms with Crippen molar-refractivity contribution in [3.63, 3.8) is 0 Å². The molecule has 0 radical (unpaired) electrons. The molecule has 0 heterocycles. The number of allylic oxidation sites excluding steroid dienone is 2. The Morgan fingerprint density at radius 2 is 2.18 bits per heavy atom. The van der Waals surface area contributed by atoms with Gasteiger partial charge < -0.3 is 11.5 Å². The van der Waals surface area contributed by atoms with E-state index in [1.165, 1.54) is 6.20 Å². The summed E-state index contributed by atoms with van der Waals surface area (Å²) in [6.45, 7) is 3.88. The van der Waals surface area contributed by atoms with Crippen molar-refractivity contribution < 1.29 is 0 Å². The highest BCUT2D eigenvalue weighted by molar-refractivity contribution is 6.30. The standard InChI is InChI=1S/C8H15ClN2/c1-3-7(11)8(9)6(2)4-5-10/h4-5,7H,3,10-11H2,1-2H3/b5-4-,8-6+. The van der Waals surface area contributed by atoms with E-state index in [0.717, 1.165) is 12.0 Å². The summed E-state index contributed by atoms with van der Waals surface area (Å²) in [6, 6.07) is -0.0622. The molecule has 0 bridgehead atoms. The summed E-state index contributed by atoms with van der Waals surface area (Å²) in [5.74, 6) is 0. The minimum absolute atomic E-state index is 0.0622. The molecular formula is C8H15ClN2. The molecule has 0 aliphatic rings. The average molecular weight is 175 g/mol. The van der Waals surface area contributed by atoms with E-state index in [2.05, 4.69) is 0 Å². The van der Waals surface area contributed by atoms with Gasteiger partial charge in [0.05, 0.1) is 0 Å². The van der Waals surface area contributed by atoms with Crippen LogP contribution in [0, 0.1) is 0 Å². The van der Waals surface area contributed by atoms with Gasteiger partial charge in [0.25, 0.3) is 0 Å². The number of hydrogen-bond donors (Lipinski definition) is 2. The van der Waals surface area contributed by atoms with Crippen molar-refractivity contribution in [2.75, 3.05) is 0 Å². The number of rotatable bonds is 3. The zero-order valence-electron chi connectivity index (χ0n) is 6.97. The predicted octanol–water partition coefficient (Wildman–Crippen LogP) is 1.71. The summed E-state index contributed by atoms with van der Waals surface area (Å²) < 4.78 is 0. The van der Waals surface area contributed by atoms with E-state index in [1.807, 2.05) is 13.8 Å². The number of hydrogen-bond acceptors (Lipinski definition) is 2. The predicted molar refractivity (Wildman–Crippen MR) is 50.1 cm³/mol. The van der Waals surface area contributed by atoms with Gasteiger partial charge in [0.15, 0.2) is 0 Å². The SMILES string of the molecule is CCC(N)/C(Cl)=C(C)\C=C/N. The average Bonchev–Trinajstić information content (AvgIpc) is 2.02. The van der Waals surface area contributed by atoms with Gasteiger partial charge in [-0.15, -0.1) is 0 Å². The first-order chi connectivity index (χ1) is 5.13. The van der Waals surface area contributed by atoms with E-state index < -0.39 is 0 Å². The Labute approximate surface area is 72.9 Å². The monoisotopic (exact) mass is 174 g/mol. The maximum atomic E-state index is 5.91. The van der Waals surface area contributed by atoms with Crippen molar-refractivity contribution in [1.82, 2.24) is 0 Å². The molecule has 0 aliphatic heterocycles. The second-order valence-corrected chi connectivity index (χ2v) is 2.81. The lowest BCUT2D eigenvalue weighted by molar-refractivity contribution is 0.765. The van der Waals surface area contributed by atoms with Crippen LogP contribution in [0.15, 0.2) is 22.9 Å². The minimum atomic E-state index is -0.0622. The van der Waals surface area contributed by atoms with Crippen molar-refractivity contribution in [1.29, 1.82) is 0 Å². The first-order valence-corrected chi connectivity index (χ1v) is 4.01. The molecule has 3 heteroatoms. The normalized spacial score (nSPS) is 16.7. The van der Waals surface area contributed by atoms with Gasteiger partial charge in [-0.25, -0.2) is 0 Å². The fourth-order valence-electron chi connectivity index (χ4n) is 0.696. The summed E-state index contributed by atoms with van der Waals surface area (Å²) in [7, 11) is 0. The molecule has 0 aliphatic carbocycles. The van der Waals surface area contributed by atoms with Crippen LogP contribution >= 0.6 is 11.6 Å². The van der Waals surface area contributed by atoms with Crippen LogP contribution in [0.4, 0.5) is 0 Å². The van der Waals surface area contributed by atoms with Gasteiger partial charge >= 0.3 is 0 Å². The summed E-state index contributed by atoms with van der Waals surface area (Å²) in [4.78, 5) is 0. The third kappa shape index (κ3) is 3.44. The van der Waals surface area contributed by atoms with E-state index >= 15 is 0 Å². The Kier molecular flexibility index (Phi) is 4.99. The zero-order chi connectivity index (χ0) is 8.85. The van der Waals surface area contributed by atoms with Gasteiger partial charge in [-0.05, 0) is 31.2 Å². The lowest BCUT2D eigenvalue weighted by atomic mass is 10.1. The molecule has 11 heavy (non-hydrogen) atoms. The van der Waals surface area contributed by atoms with Gasteiger partial charge in [-0.2, -0.15) is 0 Å². The fourth-order valence-corrected chi connectivity index (χ4v) is 0.913. The Bertz CT molecular complexity index is 173.